The average Bonchev–Trinajstić information content (AvgIpc) is 2.71. The first-order valence-electron chi connectivity index (χ1n) is 11.5. The number of nitrogens with two attached hydrogens (primary N) is 1. The third-order valence-corrected chi connectivity index (χ3v) is 6.02. The highest BCUT2D eigenvalue weighted by Gasteiger charge is 2.41. The minimum atomic E-state index is -1.24. The van der Waals surface area contributed by atoms with Crippen LogP contribution in [0.2, 0.25) is 0 Å². The molecule has 3 amide bonds. The predicted octanol–water partition coefficient (Wildman–Crippen LogP) is 2.50. The first-order valence-corrected chi connectivity index (χ1v) is 11.5. The lowest BCUT2D eigenvalue weighted by Gasteiger charge is -2.36. The Labute approximate surface area is 196 Å². The molecule has 1 aliphatic rings. The number of carbonyl (C=O) groups excluding carboxylic acids is 3. The van der Waals surface area contributed by atoms with Gasteiger partial charge >= 0.3 is 0 Å². The number of aryl methyl sites for hydroxylation is 1. The SMILES string of the molecule is CC(C)(C)OC(C(=O)NO)C(CC1CCc2ccccc2C1)C(=O)NC(C(N)=O)C(C)(C)C. The van der Waals surface area contributed by atoms with Gasteiger partial charge in [-0.1, -0.05) is 45.0 Å². The second-order valence-corrected chi connectivity index (χ2v) is 11.1. The van der Waals surface area contributed by atoms with Gasteiger partial charge in [-0.05, 0) is 68.9 Å². The van der Waals surface area contributed by atoms with Gasteiger partial charge in [-0.15, -0.1) is 0 Å². The van der Waals surface area contributed by atoms with Gasteiger partial charge in [0.15, 0.2) is 6.10 Å². The van der Waals surface area contributed by atoms with Crippen LogP contribution < -0.4 is 16.5 Å². The van der Waals surface area contributed by atoms with Crippen molar-refractivity contribution in [3.63, 3.8) is 0 Å². The largest absolute Gasteiger partial charge is 0.368 e. The Kier molecular flexibility index (Phi) is 8.65. The van der Waals surface area contributed by atoms with Gasteiger partial charge in [0.2, 0.25) is 11.8 Å². The van der Waals surface area contributed by atoms with Crippen LogP contribution in [0, 0.1) is 17.3 Å². The maximum absolute atomic E-state index is 13.5. The molecule has 4 atom stereocenters. The Morgan fingerprint density at radius 2 is 1.70 bits per heavy atom. The number of nitrogens with one attached hydrogen (secondary N) is 2. The number of hydroxylamine groups is 1. The van der Waals surface area contributed by atoms with E-state index in [-0.39, 0.29) is 5.92 Å². The van der Waals surface area contributed by atoms with Gasteiger partial charge in [0.1, 0.15) is 6.04 Å². The highest BCUT2D eigenvalue weighted by molar-refractivity contribution is 5.92. The Hall–Kier alpha value is -2.45. The first kappa shape index (κ1) is 26.8. The maximum atomic E-state index is 13.5. The highest BCUT2D eigenvalue weighted by atomic mass is 16.5. The van der Waals surface area contributed by atoms with E-state index in [0.29, 0.717) is 6.42 Å². The summed E-state index contributed by atoms with van der Waals surface area (Å²) in [4.78, 5) is 38.2. The fourth-order valence-electron chi connectivity index (χ4n) is 4.43. The minimum absolute atomic E-state index is 0.134. The number of fused-ring (bicyclic) bond motifs is 1. The van der Waals surface area contributed by atoms with E-state index in [1.807, 2.05) is 12.1 Å². The Morgan fingerprint density at radius 3 is 2.21 bits per heavy atom. The average molecular weight is 462 g/mol. The molecule has 8 nitrogen and oxygen atoms in total. The van der Waals surface area contributed by atoms with Crippen LogP contribution in [0.3, 0.4) is 0 Å². The quantitative estimate of drug-likeness (QED) is 0.349. The normalized spacial score (nSPS) is 19.1. The molecule has 0 fully saturated rings. The molecule has 1 aromatic rings. The zero-order chi connectivity index (χ0) is 25.0. The standard InChI is InChI=1S/C25H39N3O5/c1-24(2,3)20(21(26)29)27-22(30)18(19(23(31)28-32)33-25(4,5)6)14-15-11-12-16-9-7-8-10-17(16)13-15/h7-10,15,18-20,32H,11-14H2,1-6H3,(H2,26,29)(H,27,30)(H,28,31). The van der Waals surface area contributed by atoms with Crippen molar-refractivity contribution in [2.75, 3.05) is 0 Å². The van der Waals surface area contributed by atoms with E-state index in [4.69, 9.17) is 10.5 Å². The van der Waals surface area contributed by atoms with Crippen LogP contribution in [-0.4, -0.2) is 40.7 Å². The number of rotatable bonds is 8. The molecule has 8 heteroatoms. The summed E-state index contributed by atoms with van der Waals surface area (Å²) in [5, 5.41) is 12.1. The fraction of sp³-hybridized carbons (Fsp3) is 0.640. The minimum Gasteiger partial charge on any atom is -0.368 e. The summed E-state index contributed by atoms with van der Waals surface area (Å²) in [5.41, 5.74) is 8.38. The molecule has 0 aromatic heterocycles. The second-order valence-electron chi connectivity index (χ2n) is 11.1. The fourth-order valence-corrected chi connectivity index (χ4v) is 4.43. The highest BCUT2D eigenvalue weighted by Crippen LogP contribution is 2.33. The van der Waals surface area contributed by atoms with Crippen LogP contribution >= 0.6 is 0 Å². The molecular weight excluding hydrogens is 422 g/mol. The van der Waals surface area contributed by atoms with Crippen LogP contribution in [0.1, 0.15) is 65.5 Å². The molecule has 1 aliphatic carbocycles. The lowest BCUT2D eigenvalue weighted by atomic mass is 9.77. The van der Waals surface area contributed by atoms with Crippen molar-refractivity contribution in [3.05, 3.63) is 35.4 Å². The summed E-state index contributed by atoms with van der Waals surface area (Å²) in [6.45, 7) is 10.7. The van der Waals surface area contributed by atoms with E-state index in [0.717, 1.165) is 19.3 Å². The molecule has 4 unspecified atom stereocenters. The van der Waals surface area contributed by atoms with Crippen LogP contribution in [0.5, 0.6) is 0 Å². The molecule has 0 heterocycles. The molecule has 0 saturated carbocycles. The van der Waals surface area contributed by atoms with Crippen LogP contribution in [-0.2, 0) is 32.0 Å². The van der Waals surface area contributed by atoms with Gasteiger partial charge in [-0.25, -0.2) is 5.48 Å². The molecule has 0 aliphatic heterocycles. The van der Waals surface area contributed by atoms with E-state index >= 15 is 0 Å². The Bertz CT molecular complexity index is 856. The van der Waals surface area contributed by atoms with E-state index in [1.54, 1.807) is 47.0 Å². The van der Waals surface area contributed by atoms with E-state index in [1.165, 1.54) is 11.1 Å². The second kappa shape index (κ2) is 10.7. The summed E-state index contributed by atoms with van der Waals surface area (Å²) in [6, 6.07) is 7.29. The lowest BCUT2D eigenvalue weighted by molar-refractivity contribution is -0.163. The van der Waals surface area contributed by atoms with Gasteiger partial charge in [0, 0.05) is 0 Å². The summed E-state index contributed by atoms with van der Waals surface area (Å²) >= 11 is 0. The number of hydrogen-bond donors (Lipinski definition) is 4. The van der Waals surface area contributed by atoms with Crippen molar-refractivity contribution in [2.24, 2.45) is 23.0 Å². The van der Waals surface area contributed by atoms with Gasteiger partial charge in [0.25, 0.3) is 5.91 Å². The van der Waals surface area contributed by atoms with Crippen molar-refractivity contribution in [2.45, 2.75) is 85.0 Å². The zero-order valence-electron chi connectivity index (χ0n) is 20.6. The number of benzene rings is 1. The predicted molar refractivity (Wildman–Crippen MR) is 125 cm³/mol. The van der Waals surface area contributed by atoms with E-state index in [2.05, 4.69) is 17.4 Å². The molecule has 33 heavy (non-hydrogen) atoms. The Morgan fingerprint density at radius 1 is 1.09 bits per heavy atom. The topological polar surface area (TPSA) is 131 Å². The van der Waals surface area contributed by atoms with Gasteiger partial charge in [-0.2, -0.15) is 0 Å². The van der Waals surface area contributed by atoms with Gasteiger partial charge in [-0.3, -0.25) is 19.6 Å². The summed E-state index contributed by atoms with van der Waals surface area (Å²) in [7, 11) is 0. The molecular formula is C25H39N3O5. The van der Waals surface area contributed by atoms with Crippen molar-refractivity contribution in [1.82, 2.24) is 10.8 Å². The third kappa shape index (κ3) is 7.54. The summed E-state index contributed by atoms with van der Waals surface area (Å²) < 4.78 is 5.96. The third-order valence-electron chi connectivity index (χ3n) is 6.02. The zero-order valence-corrected chi connectivity index (χ0v) is 20.6. The molecule has 2 rings (SSSR count). The molecule has 0 radical (unpaired) electrons. The molecule has 5 N–H and O–H groups in total. The van der Waals surface area contributed by atoms with Crippen LogP contribution in [0.4, 0.5) is 0 Å². The van der Waals surface area contributed by atoms with Crippen molar-refractivity contribution in [1.29, 1.82) is 0 Å². The van der Waals surface area contributed by atoms with Crippen molar-refractivity contribution in [3.8, 4) is 0 Å². The van der Waals surface area contributed by atoms with Crippen LogP contribution in [0.15, 0.2) is 24.3 Å². The number of carbonyl (C=O) groups is 3. The monoisotopic (exact) mass is 461 g/mol. The van der Waals surface area contributed by atoms with Crippen molar-refractivity contribution >= 4 is 17.7 Å². The smallest absolute Gasteiger partial charge is 0.273 e. The first-order chi connectivity index (χ1) is 15.2. The van der Waals surface area contributed by atoms with E-state index in [9.17, 15) is 19.6 Å². The molecule has 0 saturated heterocycles. The van der Waals surface area contributed by atoms with Gasteiger partial charge in [0.05, 0.1) is 11.5 Å². The van der Waals surface area contributed by atoms with Gasteiger partial charge < -0.3 is 15.8 Å². The molecule has 1 aromatic carbocycles. The van der Waals surface area contributed by atoms with E-state index < -0.39 is 46.8 Å². The summed E-state index contributed by atoms with van der Waals surface area (Å²) in [5.74, 6) is -2.73. The number of primary amides is 1. The lowest BCUT2D eigenvalue weighted by Crippen LogP contribution is -2.57. The maximum Gasteiger partial charge on any atom is 0.273 e. The number of ether oxygens (including phenoxy) is 1. The molecule has 0 bridgehead atoms. The Balaban J connectivity index is 2.36. The van der Waals surface area contributed by atoms with Crippen LogP contribution in [0.25, 0.3) is 0 Å². The molecule has 184 valence electrons. The number of hydrogen-bond acceptors (Lipinski definition) is 5. The molecule has 0 spiro atoms. The summed E-state index contributed by atoms with van der Waals surface area (Å²) in [6.07, 6.45) is 1.66. The number of amides is 3. The van der Waals surface area contributed by atoms with Crippen molar-refractivity contribution < 1.29 is 24.3 Å².